The van der Waals surface area contributed by atoms with Gasteiger partial charge in [0.15, 0.2) is 0 Å². The van der Waals surface area contributed by atoms with Crippen molar-refractivity contribution in [3.8, 4) is 0 Å². The normalized spacial score (nSPS) is 13.5. The van der Waals surface area contributed by atoms with Gasteiger partial charge in [0, 0.05) is 13.1 Å². The van der Waals surface area contributed by atoms with Gasteiger partial charge in [-0.2, -0.15) is 0 Å². The first-order chi connectivity index (χ1) is 6.69. The molecule has 0 aliphatic rings. The Kier molecular flexibility index (Phi) is 4.07. The van der Waals surface area contributed by atoms with Crippen LogP contribution < -0.4 is 5.32 Å². The average molecular weight is 196 g/mol. The highest BCUT2D eigenvalue weighted by atomic mass is 15.3. The molecule has 80 valence electrons. The van der Waals surface area contributed by atoms with E-state index in [1.54, 1.807) is 6.33 Å². The third-order valence-electron chi connectivity index (χ3n) is 2.61. The number of rotatable bonds is 5. The Balaban J connectivity index is 2.58. The summed E-state index contributed by atoms with van der Waals surface area (Å²) in [6.45, 7) is 6.53. The van der Waals surface area contributed by atoms with E-state index in [0.29, 0.717) is 6.04 Å². The second-order valence-electron chi connectivity index (χ2n) is 3.70. The van der Waals surface area contributed by atoms with Crippen LogP contribution in [0, 0.1) is 0 Å². The van der Waals surface area contributed by atoms with E-state index >= 15 is 0 Å². The van der Waals surface area contributed by atoms with E-state index in [2.05, 4.69) is 36.3 Å². The lowest BCUT2D eigenvalue weighted by Crippen LogP contribution is -2.31. The molecule has 1 N–H and O–H groups in total. The maximum Gasteiger partial charge on any atom is 0.149 e. The number of nitrogens with one attached hydrogen (secondary N) is 1. The van der Waals surface area contributed by atoms with Gasteiger partial charge >= 0.3 is 0 Å². The van der Waals surface area contributed by atoms with Crippen LogP contribution in [0.3, 0.4) is 0 Å². The second kappa shape index (κ2) is 5.10. The molecule has 0 saturated heterocycles. The zero-order chi connectivity index (χ0) is 10.6. The van der Waals surface area contributed by atoms with Gasteiger partial charge in [-0.15, -0.1) is 10.2 Å². The van der Waals surface area contributed by atoms with E-state index in [0.717, 1.165) is 18.7 Å². The van der Waals surface area contributed by atoms with Gasteiger partial charge in [0.2, 0.25) is 0 Å². The highest BCUT2D eigenvalue weighted by molar-refractivity contribution is 4.92. The van der Waals surface area contributed by atoms with Crippen molar-refractivity contribution in [2.75, 3.05) is 0 Å². The van der Waals surface area contributed by atoms with Crippen molar-refractivity contribution >= 4 is 0 Å². The van der Waals surface area contributed by atoms with E-state index in [1.807, 2.05) is 11.6 Å². The van der Waals surface area contributed by atoms with Crippen LogP contribution in [-0.2, 0) is 7.05 Å². The molecule has 14 heavy (non-hydrogen) atoms. The maximum atomic E-state index is 4.09. The van der Waals surface area contributed by atoms with Gasteiger partial charge in [-0.1, -0.05) is 13.8 Å². The lowest BCUT2D eigenvalue weighted by molar-refractivity contribution is 0.415. The first kappa shape index (κ1) is 11.2. The third kappa shape index (κ3) is 2.54. The fourth-order valence-electron chi connectivity index (χ4n) is 1.64. The van der Waals surface area contributed by atoms with Crippen molar-refractivity contribution < 1.29 is 0 Å². The van der Waals surface area contributed by atoms with Crippen LogP contribution in [0.1, 0.15) is 45.5 Å². The fourth-order valence-corrected chi connectivity index (χ4v) is 1.64. The van der Waals surface area contributed by atoms with Gasteiger partial charge in [0.25, 0.3) is 0 Å². The molecule has 0 aliphatic carbocycles. The highest BCUT2D eigenvalue weighted by Gasteiger charge is 2.13. The molecule has 1 rings (SSSR count). The zero-order valence-electron chi connectivity index (χ0n) is 9.49. The van der Waals surface area contributed by atoms with Crippen molar-refractivity contribution in [2.45, 2.75) is 45.7 Å². The molecule has 0 bridgehead atoms. The minimum absolute atomic E-state index is 0.271. The van der Waals surface area contributed by atoms with E-state index in [9.17, 15) is 0 Å². The quantitative estimate of drug-likeness (QED) is 0.778. The summed E-state index contributed by atoms with van der Waals surface area (Å²) in [6, 6.07) is 0.842. The van der Waals surface area contributed by atoms with Crippen molar-refractivity contribution in [1.29, 1.82) is 0 Å². The first-order valence-electron chi connectivity index (χ1n) is 5.28. The smallest absolute Gasteiger partial charge is 0.149 e. The average Bonchev–Trinajstić information content (AvgIpc) is 2.60. The molecule has 0 spiro atoms. The summed E-state index contributed by atoms with van der Waals surface area (Å²) < 4.78 is 1.96. The Morgan fingerprint density at radius 1 is 1.43 bits per heavy atom. The minimum atomic E-state index is 0.271. The van der Waals surface area contributed by atoms with E-state index in [4.69, 9.17) is 0 Å². The number of hydrogen-bond donors (Lipinski definition) is 1. The van der Waals surface area contributed by atoms with Crippen LogP contribution in [-0.4, -0.2) is 20.8 Å². The molecule has 1 heterocycles. The van der Waals surface area contributed by atoms with Crippen LogP contribution in [0.2, 0.25) is 0 Å². The Hall–Kier alpha value is -0.900. The standard InChI is InChI=1S/C10H20N4/c1-5-9(6-2)12-8(3)10-13-11-7-14(10)4/h7-9,12H,5-6H2,1-4H3/t8-/m0/s1. The van der Waals surface area contributed by atoms with Crippen LogP contribution in [0.15, 0.2) is 6.33 Å². The Labute approximate surface area is 85.7 Å². The van der Waals surface area contributed by atoms with Gasteiger partial charge in [-0.05, 0) is 19.8 Å². The molecular weight excluding hydrogens is 176 g/mol. The van der Waals surface area contributed by atoms with Gasteiger partial charge in [0.1, 0.15) is 12.2 Å². The molecule has 0 saturated carbocycles. The predicted octanol–water partition coefficient (Wildman–Crippen LogP) is 1.65. The van der Waals surface area contributed by atoms with E-state index < -0.39 is 0 Å². The summed E-state index contributed by atoms with van der Waals surface area (Å²) in [5.41, 5.74) is 0. The molecule has 0 amide bonds. The van der Waals surface area contributed by atoms with Gasteiger partial charge in [-0.3, -0.25) is 0 Å². The molecular formula is C10H20N4. The van der Waals surface area contributed by atoms with Gasteiger partial charge < -0.3 is 9.88 Å². The summed E-state index contributed by atoms with van der Waals surface area (Å²) in [4.78, 5) is 0. The Morgan fingerprint density at radius 3 is 2.50 bits per heavy atom. The van der Waals surface area contributed by atoms with Crippen molar-refractivity contribution in [1.82, 2.24) is 20.1 Å². The predicted molar refractivity (Wildman–Crippen MR) is 56.9 cm³/mol. The fraction of sp³-hybridized carbons (Fsp3) is 0.800. The second-order valence-corrected chi connectivity index (χ2v) is 3.70. The summed E-state index contributed by atoms with van der Waals surface area (Å²) in [5.74, 6) is 0.997. The molecule has 1 aromatic heterocycles. The van der Waals surface area contributed by atoms with Crippen LogP contribution in [0.25, 0.3) is 0 Å². The zero-order valence-corrected chi connectivity index (χ0v) is 9.49. The monoisotopic (exact) mass is 196 g/mol. The summed E-state index contributed by atoms with van der Waals surface area (Å²) in [5, 5.41) is 11.5. The Bertz CT molecular complexity index is 265. The largest absolute Gasteiger partial charge is 0.319 e. The summed E-state index contributed by atoms with van der Waals surface area (Å²) in [6.07, 6.45) is 4.04. The van der Waals surface area contributed by atoms with Gasteiger partial charge in [0.05, 0.1) is 6.04 Å². The first-order valence-corrected chi connectivity index (χ1v) is 5.28. The third-order valence-corrected chi connectivity index (χ3v) is 2.61. The summed E-state index contributed by atoms with van der Waals surface area (Å²) >= 11 is 0. The highest BCUT2D eigenvalue weighted by Crippen LogP contribution is 2.10. The molecule has 1 aromatic rings. The maximum absolute atomic E-state index is 4.09. The van der Waals surface area contributed by atoms with Crippen LogP contribution >= 0.6 is 0 Å². The van der Waals surface area contributed by atoms with Crippen LogP contribution in [0.5, 0.6) is 0 Å². The molecule has 4 heteroatoms. The van der Waals surface area contributed by atoms with Crippen LogP contribution in [0.4, 0.5) is 0 Å². The molecule has 4 nitrogen and oxygen atoms in total. The molecule has 0 aliphatic heterocycles. The lowest BCUT2D eigenvalue weighted by Gasteiger charge is -2.20. The molecule has 0 fully saturated rings. The molecule has 0 aromatic carbocycles. The Morgan fingerprint density at radius 2 is 2.07 bits per heavy atom. The molecule has 0 radical (unpaired) electrons. The topological polar surface area (TPSA) is 42.7 Å². The minimum Gasteiger partial charge on any atom is -0.319 e. The van der Waals surface area contributed by atoms with Crippen molar-refractivity contribution in [2.24, 2.45) is 7.05 Å². The molecule has 1 atom stereocenters. The molecule has 0 unspecified atom stereocenters. The number of aromatic nitrogens is 3. The van der Waals surface area contributed by atoms with Gasteiger partial charge in [-0.25, -0.2) is 0 Å². The van der Waals surface area contributed by atoms with E-state index in [-0.39, 0.29) is 6.04 Å². The number of aryl methyl sites for hydroxylation is 1. The SMILES string of the molecule is CCC(CC)N[C@@H](C)c1nncn1C. The summed E-state index contributed by atoms with van der Waals surface area (Å²) in [7, 11) is 1.97. The number of nitrogens with zero attached hydrogens (tertiary/aromatic N) is 3. The lowest BCUT2D eigenvalue weighted by atomic mass is 10.1. The number of hydrogen-bond acceptors (Lipinski definition) is 3. The van der Waals surface area contributed by atoms with Crippen molar-refractivity contribution in [3.05, 3.63) is 12.2 Å². The van der Waals surface area contributed by atoms with E-state index in [1.165, 1.54) is 0 Å². The van der Waals surface area contributed by atoms with Crippen molar-refractivity contribution in [3.63, 3.8) is 0 Å².